The Bertz CT molecular complexity index is 236. The molecule has 0 saturated heterocycles. The fraction of sp³-hybridized carbons (Fsp3) is 0.500. The molecule has 0 aliphatic heterocycles. The van der Waals surface area contributed by atoms with Gasteiger partial charge in [-0.1, -0.05) is 19.4 Å². The van der Waals surface area contributed by atoms with Crippen LogP contribution in [0.25, 0.3) is 0 Å². The SMILES string of the molecule is O=C(F)C(F)(F)OS(F)(F)(F)(F)F. The lowest BCUT2D eigenvalue weighted by atomic mass is 10.7. The fourth-order valence-corrected chi connectivity index (χ4v) is 0.692. The van der Waals surface area contributed by atoms with Crippen molar-refractivity contribution in [2.24, 2.45) is 0 Å². The van der Waals surface area contributed by atoms with E-state index in [1.165, 1.54) is 0 Å². The minimum atomic E-state index is -11.0. The third-order valence-corrected chi connectivity index (χ3v) is 1.02. The van der Waals surface area contributed by atoms with Crippen LogP contribution in [0.15, 0.2) is 0 Å². The number of rotatable bonds is 3. The molecule has 11 heteroatoms. The number of halogens is 8. The monoisotopic (exact) mass is 240 g/mol. The predicted octanol–water partition coefficient (Wildman–Crippen LogP) is 3.31. The third-order valence-electron chi connectivity index (χ3n) is 0.491. The number of hydrogen-bond acceptors (Lipinski definition) is 2. The summed E-state index contributed by atoms with van der Waals surface area (Å²) in [5, 5.41) is 0. The van der Waals surface area contributed by atoms with Gasteiger partial charge in [-0.15, -0.1) is 0 Å². The van der Waals surface area contributed by atoms with E-state index in [0.717, 1.165) is 4.18 Å². The van der Waals surface area contributed by atoms with Gasteiger partial charge in [-0.25, -0.2) is 0 Å². The zero-order valence-corrected chi connectivity index (χ0v) is 6.06. The van der Waals surface area contributed by atoms with Crippen molar-refractivity contribution >= 4 is 16.5 Å². The summed E-state index contributed by atoms with van der Waals surface area (Å²) in [5.41, 5.74) is 0. The first-order chi connectivity index (χ1) is 5.13. The highest BCUT2D eigenvalue weighted by molar-refractivity contribution is 8.42. The van der Waals surface area contributed by atoms with Crippen LogP contribution in [-0.4, -0.2) is 12.1 Å². The van der Waals surface area contributed by atoms with Gasteiger partial charge in [0.25, 0.3) is 0 Å². The third kappa shape index (κ3) is 5.63. The van der Waals surface area contributed by atoms with Gasteiger partial charge in [0, 0.05) is 0 Å². The smallest absolute Gasteiger partial charge is 0.251 e. The lowest BCUT2D eigenvalue weighted by Gasteiger charge is -2.39. The van der Waals surface area contributed by atoms with Crippen molar-refractivity contribution in [3.05, 3.63) is 0 Å². The van der Waals surface area contributed by atoms with Crippen molar-refractivity contribution in [2.75, 3.05) is 0 Å². The van der Waals surface area contributed by atoms with Crippen LogP contribution in [0, 0.1) is 0 Å². The molecule has 0 amide bonds. The Morgan fingerprint density at radius 2 is 1.38 bits per heavy atom. The van der Waals surface area contributed by atoms with Crippen LogP contribution in [0.3, 0.4) is 0 Å². The Hall–Kier alpha value is -0.580. The minimum Gasteiger partial charge on any atom is -0.251 e. The highest BCUT2D eigenvalue weighted by atomic mass is 32.5. The van der Waals surface area contributed by atoms with Crippen molar-refractivity contribution < 1.29 is 41.6 Å². The van der Waals surface area contributed by atoms with Crippen LogP contribution in [0.2, 0.25) is 0 Å². The van der Waals surface area contributed by atoms with Crippen LogP contribution in [0.1, 0.15) is 0 Å². The summed E-state index contributed by atoms with van der Waals surface area (Å²) in [5.74, 6) is 0. The highest BCUT2D eigenvalue weighted by Crippen LogP contribution is 2.99. The molecule has 0 aromatic carbocycles. The van der Waals surface area contributed by atoms with Crippen LogP contribution in [-0.2, 0) is 8.98 Å². The second-order valence-corrected chi connectivity index (χ2v) is 3.74. The maximum Gasteiger partial charge on any atom is 0.465 e. The van der Waals surface area contributed by atoms with Crippen LogP contribution >= 0.6 is 10.5 Å². The molecule has 0 radical (unpaired) electrons. The van der Waals surface area contributed by atoms with Crippen LogP contribution in [0.5, 0.6) is 0 Å². The lowest BCUT2D eigenvalue weighted by molar-refractivity contribution is -0.212. The molecule has 0 aromatic rings. The summed E-state index contributed by atoms with van der Waals surface area (Å²) in [7, 11) is -11.0. The minimum absolute atomic E-state index is 0.988. The number of alkyl halides is 2. The van der Waals surface area contributed by atoms with Gasteiger partial charge in [0.15, 0.2) is 0 Å². The largest absolute Gasteiger partial charge is 0.465 e. The van der Waals surface area contributed by atoms with E-state index < -0.39 is 22.7 Å². The van der Waals surface area contributed by atoms with E-state index in [1.54, 1.807) is 0 Å². The molecule has 0 N–H and O–H groups in total. The summed E-state index contributed by atoms with van der Waals surface area (Å²) in [6, 6.07) is -3.96. The van der Waals surface area contributed by atoms with E-state index in [-0.39, 0.29) is 0 Å². The summed E-state index contributed by atoms with van der Waals surface area (Å²) >= 11 is 0. The van der Waals surface area contributed by atoms with E-state index in [2.05, 4.69) is 0 Å². The molecule has 0 atom stereocenters. The lowest BCUT2D eigenvalue weighted by Crippen LogP contribution is -2.33. The van der Waals surface area contributed by atoms with Crippen molar-refractivity contribution in [1.29, 1.82) is 0 Å². The van der Waals surface area contributed by atoms with Gasteiger partial charge in [-0.2, -0.15) is 17.4 Å². The molecule has 0 heterocycles. The summed E-state index contributed by atoms with van der Waals surface area (Å²) in [6.07, 6.45) is -6.22. The Morgan fingerprint density at radius 1 is 1.08 bits per heavy atom. The van der Waals surface area contributed by atoms with E-state index in [9.17, 15) is 32.6 Å². The molecular weight excluding hydrogens is 240 g/mol. The zero-order chi connectivity index (χ0) is 11.2. The summed E-state index contributed by atoms with van der Waals surface area (Å²) in [6.45, 7) is 0. The first kappa shape index (κ1) is 12.4. The molecule has 0 aliphatic rings. The molecule has 0 fully saturated rings. The average Bonchev–Trinajstić information content (AvgIpc) is 1.51. The van der Waals surface area contributed by atoms with Crippen molar-refractivity contribution in [3.8, 4) is 0 Å². The van der Waals surface area contributed by atoms with Crippen LogP contribution in [0.4, 0.5) is 32.6 Å². The Kier molecular flexibility index (Phi) is 1.99. The van der Waals surface area contributed by atoms with Crippen LogP contribution < -0.4 is 0 Å². The molecule has 0 unspecified atom stereocenters. The molecule has 0 aliphatic carbocycles. The van der Waals surface area contributed by atoms with E-state index in [1.807, 2.05) is 0 Å². The Morgan fingerprint density at radius 3 is 1.46 bits per heavy atom. The van der Waals surface area contributed by atoms with Gasteiger partial charge >= 0.3 is 22.7 Å². The van der Waals surface area contributed by atoms with E-state index in [0.29, 0.717) is 0 Å². The van der Waals surface area contributed by atoms with Gasteiger partial charge in [0.2, 0.25) is 0 Å². The fourth-order valence-electron chi connectivity index (χ4n) is 0.231. The van der Waals surface area contributed by atoms with Gasteiger partial charge < -0.3 is 0 Å². The molecule has 0 spiro atoms. The molecular formula is C2F8O2S. The molecule has 0 saturated carbocycles. The standard InChI is InChI=1S/C2F8O2S/c3-1(11)2(4,5)12-13(6,7,8,9)10. The van der Waals surface area contributed by atoms with E-state index >= 15 is 0 Å². The van der Waals surface area contributed by atoms with Crippen molar-refractivity contribution in [2.45, 2.75) is 6.11 Å². The number of carbonyl (C=O) groups excluding carboxylic acids is 1. The van der Waals surface area contributed by atoms with Gasteiger partial charge in [0.1, 0.15) is 0 Å². The Labute approximate surface area is 65.4 Å². The topological polar surface area (TPSA) is 26.3 Å². The quantitative estimate of drug-likeness (QED) is 0.558. The van der Waals surface area contributed by atoms with Gasteiger partial charge in [0.05, 0.1) is 0 Å². The molecule has 13 heavy (non-hydrogen) atoms. The molecule has 82 valence electrons. The number of hydrogen-bond donors (Lipinski definition) is 0. The molecule has 2 nitrogen and oxygen atoms in total. The molecule has 0 aromatic heterocycles. The first-order valence-corrected chi connectivity index (χ1v) is 4.04. The molecule has 0 bridgehead atoms. The summed E-state index contributed by atoms with van der Waals surface area (Å²) < 4.78 is 90.1. The molecule has 0 rings (SSSR count). The maximum atomic E-state index is 11.4. The summed E-state index contributed by atoms with van der Waals surface area (Å²) in [4.78, 5) is 9.07. The number of carbonyl (C=O) groups is 1. The van der Waals surface area contributed by atoms with Gasteiger partial charge in [-0.05, 0) is 0 Å². The second kappa shape index (κ2) is 2.08. The second-order valence-electron chi connectivity index (χ2n) is 1.77. The van der Waals surface area contributed by atoms with E-state index in [4.69, 9.17) is 4.79 Å². The highest BCUT2D eigenvalue weighted by Gasteiger charge is 2.73. The zero-order valence-electron chi connectivity index (χ0n) is 5.25. The first-order valence-electron chi connectivity index (χ1n) is 2.16. The average molecular weight is 240 g/mol. The van der Waals surface area contributed by atoms with Crippen molar-refractivity contribution in [1.82, 2.24) is 0 Å². The normalized spacial score (nSPS) is 19.1. The predicted molar refractivity (Wildman–Crippen MR) is 25.3 cm³/mol. The maximum absolute atomic E-state index is 11.4. The Balaban J connectivity index is 4.96. The van der Waals surface area contributed by atoms with Crippen molar-refractivity contribution in [3.63, 3.8) is 0 Å². The van der Waals surface area contributed by atoms with Gasteiger partial charge in [-0.3, -0.25) is 4.79 Å².